The second-order valence-electron chi connectivity index (χ2n) is 7.53. The van der Waals surface area contributed by atoms with Gasteiger partial charge in [0.2, 0.25) is 0 Å². The average Bonchev–Trinajstić information content (AvgIpc) is 3.15. The van der Waals surface area contributed by atoms with E-state index >= 15 is 0 Å². The highest BCUT2D eigenvalue weighted by molar-refractivity contribution is 7.89. The fourth-order valence-electron chi connectivity index (χ4n) is 3.78. The molecule has 0 amide bonds. The van der Waals surface area contributed by atoms with Gasteiger partial charge in [-0.3, -0.25) is 0 Å². The Morgan fingerprint density at radius 3 is 2.10 bits per heavy atom. The fourth-order valence-corrected chi connectivity index (χ4v) is 5.21. The minimum absolute atomic E-state index is 0.261. The van der Waals surface area contributed by atoms with Crippen molar-refractivity contribution < 1.29 is 8.42 Å². The minimum atomic E-state index is -3.78. The van der Waals surface area contributed by atoms with E-state index in [1.165, 1.54) is 4.41 Å². The Labute approximate surface area is 172 Å². The Morgan fingerprint density at radius 2 is 1.45 bits per heavy atom. The van der Waals surface area contributed by atoms with Crippen molar-refractivity contribution in [2.45, 2.75) is 38.1 Å². The second kappa shape index (κ2) is 7.48. The third-order valence-corrected chi connectivity index (χ3v) is 7.14. The summed E-state index contributed by atoms with van der Waals surface area (Å²) in [5.74, 6) is 0. The summed E-state index contributed by atoms with van der Waals surface area (Å²) in [7, 11) is -3.78. The van der Waals surface area contributed by atoms with Crippen molar-refractivity contribution in [3.05, 3.63) is 101 Å². The molecule has 3 aromatic rings. The van der Waals surface area contributed by atoms with Crippen molar-refractivity contribution >= 4 is 15.7 Å². The molecule has 0 fully saturated rings. The molecule has 4 rings (SSSR count). The average molecular weight is 405 g/mol. The first-order valence-corrected chi connectivity index (χ1v) is 11.1. The molecule has 1 atom stereocenters. The molecule has 29 heavy (non-hydrogen) atoms. The van der Waals surface area contributed by atoms with E-state index in [9.17, 15) is 8.42 Å². The monoisotopic (exact) mass is 404 g/mol. The van der Waals surface area contributed by atoms with E-state index in [-0.39, 0.29) is 10.9 Å². The number of sulfonamides is 1. The van der Waals surface area contributed by atoms with E-state index in [2.05, 4.69) is 5.10 Å². The van der Waals surface area contributed by atoms with E-state index in [0.29, 0.717) is 6.42 Å². The summed E-state index contributed by atoms with van der Waals surface area (Å²) >= 11 is 0. The molecule has 0 saturated carbocycles. The van der Waals surface area contributed by atoms with Crippen LogP contribution in [0.15, 0.2) is 82.8 Å². The third kappa shape index (κ3) is 3.58. The molecule has 0 N–H and O–H groups in total. The molecular weight excluding hydrogens is 380 g/mol. The third-order valence-electron chi connectivity index (χ3n) is 5.44. The number of aryl methyl sites for hydroxylation is 3. The van der Waals surface area contributed by atoms with Gasteiger partial charge in [0.1, 0.15) is 0 Å². The summed E-state index contributed by atoms with van der Waals surface area (Å²) in [6, 6.07) is 22.5. The van der Waals surface area contributed by atoms with Crippen LogP contribution >= 0.6 is 0 Å². The normalized spacial score (nSPS) is 16.7. The summed E-state index contributed by atoms with van der Waals surface area (Å²) in [5.41, 5.74) is 5.94. The molecule has 0 aromatic heterocycles. The van der Waals surface area contributed by atoms with Crippen LogP contribution in [0.1, 0.15) is 40.3 Å². The van der Waals surface area contributed by atoms with Crippen molar-refractivity contribution in [1.29, 1.82) is 0 Å². The number of hydrogen-bond acceptors (Lipinski definition) is 3. The van der Waals surface area contributed by atoms with Gasteiger partial charge in [-0.15, -0.1) is 0 Å². The Morgan fingerprint density at radius 1 is 0.828 bits per heavy atom. The van der Waals surface area contributed by atoms with Crippen LogP contribution in [-0.4, -0.2) is 18.5 Å². The van der Waals surface area contributed by atoms with Crippen molar-refractivity contribution in [3.63, 3.8) is 0 Å². The summed E-state index contributed by atoms with van der Waals surface area (Å²) in [6.07, 6.45) is 0.542. The lowest BCUT2D eigenvalue weighted by Crippen LogP contribution is -2.27. The Bertz CT molecular complexity index is 1180. The lowest BCUT2D eigenvalue weighted by molar-refractivity contribution is 0.370. The molecule has 1 heterocycles. The number of hydrogen-bond donors (Lipinski definition) is 0. The zero-order chi connectivity index (χ0) is 20.6. The van der Waals surface area contributed by atoms with Crippen LogP contribution in [-0.2, 0) is 10.0 Å². The maximum absolute atomic E-state index is 13.5. The Hall–Kier alpha value is -2.92. The molecule has 0 saturated heterocycles. The highest BCUT2D eigenvalue weighted by atomic mass is 32.2. The molecule has 148 valence electrons. The first-order valence-electron chi connectivity index (χ1n) is 9.68. The van der Waals surface area contributed by atoms with Crippen molar-refractivity contribution in [2.24, 2.45) is 5.10 Å². The van der Waals surface area contributed by atoms with Crippen LogP contribution in [0.2, 0.25) is 0 Å². The summed E-state index contributed by atoms with van der Waals surface area (Å²) in [4.78, 5) is 0.261. The largest absolute Gasteiger partial charge is 0.279 e. The lowest BCUT2D eigenvalue weighted by atomic mass is 9.94. The number of hydrazone groups is 1. The van der Waals surface area contributed by atoms with Gasteiger partial charge in [-0.25, -0.2) is 0 Å². The van der Waals surface area contributed by atoms with Crippen LogP contribution in [0.5, 0.6) is 0 Å². The topological polar surface area (TPSA) is 49.7 Å². The van der Waals surface area contributed by atoms with Crippen LogP contribution in [0.25, 0.3) is 0 Å². The highest BCUT2D eigenvalue weighted by Crippen LogP contribution is 2.38. The van der Waals surface area contributed by atoms with E-state index in [4.69, 9.17) is 0 Å². The van der Waals surface area contributed by atoms with Gasteiger partial charge in [0.15, 0.2) is 0 Å². The van der Waals surface area contributed by atoms with E-state index in [1.807, 2.05) is 81.4 Å². The van der Waals surface area contributed by atoms with Crippen LogP contribution < -0.4 is 0 Å². The maximum atomic E-state index is 13.5. The maximum Gasteiger partial charge on any atom is 0.279 e. The van der Waals surface area contributed by atoms with Gasteiger partial charge in [-0.05, 0) is 49.6 Å². The molecule has 0 radical (unpaired) electrons. The zero-order valence-corrected chi connectivity index (χ0v) is 17.6. The minimum Gasteiger partial charge on any atom is -0.200 e. The number of benzene rings is 3. The molecule has 1 aliphatic rings. The summed E-state index contributed by atoms with van der Waals surface area (Å²) < 4.78 is 28.4. The first-order chi connectivity index (χ1) is 13.9. The van der Waals surface area contributed by atoms with Crippen molar-refractivity contribution in [2.75, 3.05) is 0 Å². The van der Waals surface area contributed by atoms with Gasteiger partial charge in [0.05, 0.1) is 16.6 Å². The van der Waals surface area contributed by atoms with Crippen LogP contribution in [0, 0.1) is 20.8 Å². The van der Waals surface area contributed by atoms with Gasteiger partial charge in [-0.1, -0.05) is 66.2 Å². The smallest absolute Gasteiger partial charge is 0.200 e. The SMILES string of the molecule is Cc1ccc(S(=O)(=O)N2N=C(c3ccccc3C)C[C@@H]2c2ccccc2C)cc1. The molecule has 3 aromatic carbocycles. The summed E-state index contributed by atoms with van der Waals surface area (Å²) in [6.45, 7) is 5.98. The molecule has 4 nitrogen and oxygen atoms in total. The van der Waals surface area contributed by atoms with Gasteiger partial charge in [-0.2, -0.15) is 17.9 Å². The van der Waals surface area contributed by atoms with Gasteiger partial charge >= 0.3 is 0 Å². The van der Waals surface area contributed by atoms with E-state index in [1.54, 1.807) is 12.1 Å². The fraction of sp³-hybridized carbons (Fsp3) is 0.208. The van der Waals surface area contributed by atoms with E-state index in [0.717, 1.165) is 33.5 Å². The molecule has 1 aliphatic heterocycles. The Balaban J connectivity index is 1.85. The van der Waals surface area contributed by atoms with Crippen LogP contribution in [0.3, 0.4) is 0 Å². The number of rotatable bonds is 4. The van der Waals surface area contributed by atoms with Gasteiger partial charge in [0.25, 0.3) is 10.0 Å². The zero-order valence-electron chi connectivity index (χ0n) is 16.8. The second-order valence-corrected chi connectivity index (χ2v) is 9.32. The standard InChI is InChI=1S/C24H24N2O2S/c1-17-12-14-20(15-13-17)29(27,28)26-24(22-11-7-5-9-19(22)3)16-23(25-26)21-10-6-4-8-18(21)2/h4-15,24H,16H2,1-3H3/t24-/m1/s1. The van der Waals surface area contributed by atoms with Gasteiger partial charge in [0, 0.05) is 12.0 Å². The van der Waals surface area contributed by atoms with Crippen LogP contribution in [0.4, 0.5) is 0 Å². The highest BCUT2D eigenvalue weighted by Gasteiger charge is 2.38. The molecule has 5 heteroatoms. The summed E-state index contributed by atoms with van der Waals surface area (Å²) in [5, 5.41) is 4.65. The number of nitrogens with zero attached hydrogens (tertiary/aromatic N) is 2. The molecule has 0 aliphatic carbocycles. The molecular formula is C24H24N2O2S. The predicted octanol–water partition coefficient (Wildman–Crippen LogP) is 5.15. The predicted molar refractivity (Wildman–Crippen MR) is 116 cm³/mol. The lowest BCUT2D eigenvalue weighted by Gasteiger charge is -2.24. The quantitative estimate of drug-likeness (QED) is 0.604. The van der Waals surface area contributed by atoms with Gasteiger partial charge < -0.3 is 0 Å². The molecule has 0 unspecified atom stereocenters. The first kappa shape index (κ1) is 19.4. The van der Waals surface area contributed by atoms with Crippen molar-refractivity contribution in [1.82, 2.24) is 4.41 Å². The molecule has 0 spiro atoms. The molecule has 0 bridgehead atoms. The Kier molecular flexibility index (Phi) is 5.01. The van der Waals surface area contributed by atoms with Crippen molar-refractivity contribution in [3.8, 4) is 0 Å². The van der Waals surface area contributed by atoms with E-state index < -0.39 is 10.0 Å².